The van der Waals surface area contributed by atoms with Crippen LogP contribution in [0.3, 0.4) is 0 Å². The second kappa shape index (κ2) is 10.3. The Morgan fingerprint density at radius 1 is 0.680 bits per heavy atom. The summed E-state index contributed by atoms with van der Waals surface area (Å²) >= 11 is 0. The van der Waals surface area contributed by atoms with E-state index in [-0.39, 0.29) is 37.7 Å². The quantitative estimate of drug-likeness (QED) is 0.394. The number of aromatic carboxylic acids is 2. The van der Waals surface area contributed by atoms with Crippen molar-refractivity contribution in [3.63, 3.8) is 0 Å². The van der Waals surface area contributed by atoms with E-state index in [1.54, 1.807) is 0 Å². The predicted molar refractivity (Wildman–Crippen MR) is 80.6 cm³/mol. The van der Waals surface area contributed by atoms with Crippen LogP contribution in [0.15, 0.2) is 48.5 Å². The van der Waals surface area contributed by atoms with Crippen molar-refractivity contribution in [3.8, 4) is 0 Å². The van der Waals surface area contributed by atoms with E-state index < -0.39 is 44.3 Å². The molecule has 10 nitrogen and oxygen atoms in total. The van der Waals surface area contributed by atoms with Crippen LogP contribution in [0.1, 0.15) is 20.7 Å². The summed E-state index contributed by atoms with van der Waals surface area (Å²) in [5.41, 5.74) is -1.69. The van der Waals surface area contributed by atoms with Gasteiger partial charge in [-0.05, 0) is 12.1 Å². The third-order valence-electron chi connectivity index (χ3n) is 2.64. The molecule has 0 saturated heterocycles. The number of carbonyl (C=O) groups is 2. The van der Waals surface area contributed by atoms with E-state index in [4.69, 9.17) is 0 Å². The fourth-order valence-corrected chi connectivity index (χ4v) is 1.61. The number of nitrogens with zero attached hydrogens (tertiary/aromatic N) is 2. The monoisotopic (exact) mass is 372 g/mol. The van der Waals surface area contributed by atoms with Gasteiger partial charge >= 0.3 is 37.7 Å². The molecule has 0 aliphatic heterocycles. The van der Waals surface area contributed by atoms with Crippen molar-refractivity contribution in [1.29, 1.82) is 0 Å². The summed E-state index contributed by atoms with van der Waals surface area (Å²) in [7, 11) is 0. The third kappa shape index (κ3) is 6.45. The number of nitro groups is 2. The van der Waals surface area contributed by atoms with Gasteiger partial charge in [0.25, 0.3) is 11.4 Å². The topological polar surface area (TPSA) is 167 Å². The van der Waals surface area contributed by atoms with Crippen LogP contribution < -0.4 is 10.2 Å². The number of carboxylic acids is 2. The Kier molecular flexibility index (Phi) is 9.28. The van der Waals surface area contributed by atoms with Gasteiger partial charge in [-0.15, -0.1) is 0 Å². The van der Waals surface area contributed by atoms with Gasteiger partial charge in [0.15, 0.2) is 0 Å². The number of hydrogen-bond acceptors (Lipinski definition) is 8. The Hall–Kier alpha value is -2.56. The van der Waals surface area contributed by atoms with Gasteiger partial charge < -0.3 is 19.8 Å². The Morgan fingerprint density at radius 3 is 1.16 bits per heavy atom. The average molecular weight is 372 g/mol. The molecule has 0 spiro atoms. The Balaban J connectivity index is 0.000000443. The fourth-order valence-electron chi connectivity index (χ4n) is 1.61. The largest absolute Gasteiger partial charge is 2.00 e. The van der Waals surface area contributed by atoms with Gasteiger partial charge in [0.2, 0.25) is 0 Å². The van der Waals surface area contributed by atoms with Crippen LogP contribution >= 0.6 is 0 Å². The average Bonchev–Trinajstić information content (AvgIpc) is 2.55. The molecule has 0 unspecified atom stereocenters. The van der Waals surface area contributed by atoms with Crippen LogP contribution in [0.4, 0.5) is 11.4 Å². The molecule has 0 aliphatic rings. The van der Waals surface area contributed by atoms with Crippen molar-refractivity contribution >= 4 is 61.1 Å². The molecule has 0 N–H and O–H groups in total. The molecule has 0 heterocycles. The summed E-state index contributed by atoms with van der Waals surface area (Å²) < 4.78 is 0. The maximum Gasteiger partial charge on any atom is 2.00 e. The summed E-state index contributed by atoms with van der Waals surface area (Å²) in [6.07, 6.45) is 0. The summed E-state index contributed by atoms with van der Waals surface area (Å²) in [4.78, 5) is 39.6. The van der Waals surface area contributed by atoms with Gasteiger partial charge in [-0.2, -0.15) is 0 Å². The molecule has 124 valence electrons. The molecule has 0 bridgehead atoms. The van der Waals surface area contributed by atoms with E-state index >= 15 is 0 Å². The minimum Gasteiger partial charge on any atom is -0.545 e. The number of carboxylic acid groups (broad SMARTS) is 2. The number of carbonyl (C=O) groups excluding carboxylic acids is 2. The van der Waals surface area contributed by atoms with E-state index in [0.717, 1.165) is 24.3 Å². The van der Waals surface area contributed by atoms with Crippen LogP contribution in [0.2, 0.25) is 0 Å². The van der Waals surface area contributed by atoms with Crippen molar-refractivity contribution in [2.45, 2.75) is 0 Å². The zero-order chi connectivity index (χ0) is 18.3. The summed E-state index contributed by atoms with van der Waals surface area (Å²) in [6, 6.07) is 10.1. The maximum absolute atomic E-state index is 10.3. The van der Waals surface area contributed by atoms with E-state index in [9.17, 15) is 40.0 Å². The number of benzene rings is 2. The first-order valence-electron chi connectivity index (χ1n) is 6.15. The number of para-hydroxylation sites is 2. The smallest absolute Gasteiger partial charge is 0.545 e. The molecule has 0 aromatic heterocycles. The van der Waals surface area contributed by atoms with E-state index in [2.05, 4.69) is 0 Å². The number of nitro benzene ring substituents is 2. The van der Waals surface area contributed by atoms with Gasteiger partial charge in [0, 0.05) is 12.1 Å². The van der Waals surface area contributed by atoms with Crippen LogP contribution in [0, 0.1) is 20.2 Å². The molecular weight excluding hydrogens is 364 g/mol. The van der Waals surface area contributed by atoms with Gasteiger partial charge in [-0.25, -0.2) is 0 Å². The second-order valence-electron chi connectivity index (χ2n) is 4.12. The predicted octanol–water partition coefficient (Wildman–Crippen LogP) is -0.464. The van der Waals surface area contributed by atoms with Gasteiger partial charge in [-0.3, -0.25) is 20.2 Å². The normalized spacial score (nSPS) is 8.96. The van der Waals surface area contributed by atoms with Crippen LogP contribution in [0.5, 0.6) is 0 Å². The maximum atomic E-state index is 10.3. The summed E-state index contributed by atoms with van der Waals surface area (Å²) in [5.74, 6) is -3.08. The Bertz CT molecular complexity index is 675. The molecule has 11 heteroatoms. The second-order valence-corrected chi connectivity index (χ2v) is 4.12. The molecule has 0 saturated carbocycles. The zero-order valence-corrected chi connectivity index (χ0v) is 14.7. The molecule has 0 atom stereocenters. The fraction of sp³-hybridized carbons (Fsp3) is 0. The standard InChI is InChI=1S/2C7H5NO4.Ca/c2*9-7(10)5-3-1-2-4-6(5)8(11)12;/h2*1-4H,(H,9,10);/q;;+2/p-2. The van der Waals surface area contributed by atoms with Gasteiger partial charge in [-0.1, -0.05) is 24.3 Å². The van der Waals surface area contributed by atoms with E-state index in [1.807, 2.05) is 0 Å². The molecule has 25 heavy (non-hydrogen) atoms. The number of hydrogen-bond donors (Lipinski definition) is 0. The molecule has 2 aromatic carbocycles. The first-order chi connectivity index (χ1) is 11.3. The first-order valence-corrected chi connectivity index (χ1v) is 6.15. The molecule has 2 aromatic rings. The summed E-state index contributed by atoms with van der Waals surface area (Å²) in [6.45, 7) is 0. The molecule has 0 fully saturated rings. The molecular formula is C14H8CaN2O8. The molecule has 0 aliphatic carbocycles. The van der Waals surface area contributed by atoms with Crippen LogP contribution in [0.25, 0.3) is 0 Å². The van der Waals surface area contributed by atoms with E-state index in [0.29, 0.717) is 0 Å². The molecule has 0 radical (unpaired) electrons. The van der Waals surface area contributed by atoms with Crippen LogP contribution in [-0.2, 0) is 0 Å². The summed E-state index contributed by atoms with van der Waals surface area (Å²) in [5, 5.41) is 41.1. The van der Waals surface area contributed by atoms with Gasteiger partial charge in [0.05, 0.1) is 32.9 Å². The molecule has 0 amide bonds. The third-order valence-corrected chi connectivity index (χ3v) is 2.64. The Labute approximate surface area is 170 Å². The van der Waals surface area contributed by atoms with Crippen molar-refractivity contribution in [3.05, 3.63) is 79.9 Å². The zero-order valence-electron chi connectivity index (χ0n) is 12.5. The van der Waals surface area contributed by atoms with Crippen LogP contribution in [-0.4, -0.2) is 59.5 Å². The first kappa shape index (κ1) is 22.4. The minimum absolute atomic E-state index is 0. The van der Waals surface area contributed by atoms with Crippen molar-refractivity contribution in [2.75, 3.05) is 0 Å². The Morgan fingerprint density at radius 2 is 0.960 bits per heavy atom. The number of rotatable bonds is 4. The van der Waals surface area contributed by atoms with Crippen molar-refractivity contribution < 1.29 is 29.6 Å². The molecule has 2 rings (SSSR count). The van der Waals surface area contributed by atoms with Crippen molar-refractivity contribution in [2.24, 2.45) is 0 Å². The SMILES string of the molecule is O=C([O-])c1ccccc1[N+](=O)[O-].O=C([O-])c1ccccc1[N+](=O)[O-].[Ca+2]. The van der Waals surface area contributed by atoms with Gasteiger partial charge in [0.1, 0.15) is 0 Å². The minimum atomic E-state index is -1.54. The van der Waals surface area contributed by atoms with Crippen molar-refractivity contribution in [1.82, 2.24) is 0 Å². The van der Waals surface area contributed by atoms with E-state index in [1.165, 1.54) is 24.3 Å².